The van der Waals surface area contributed by atoms with Crippen LogP contribution in [0.25, 0.3) is 0 Å². The van der Waals surface area contributed by atoms with E-state index < -0.39 is 0 Å². The van der Waals surface area contributed by atoms with E-state index in [1.165, 1.54) is 5.56 Å². The predicted octanol–water partition coefficient (Wildman–Crippen LogP) is 3.84. The van der Waals surface area contributed by atoms with Crippen molar-refractivity contribution in [2.75, 3.05) is 50.7 Å². The van der Waals surface area contributed by atoms with E-state index in [0.29, 0.717) is 25.2 Å². The summed E-state index contributed by atoms with van der Waals surface area (Å²) in [5.41, 5.74) is 3.06. The molecule has 2 saturated heterocycles. The average molecular weight is 498 g/mol. The first-order chi connectivity index (χ1) is 18.1. The molecule has 0 spiro atoms. The van der Waals surface area contributed by atoms with Crippen molar-refractivity contribution >= 4 is 17.6 Å². The van der Waals surface area contributed by atoms with Crippen LogP contribution in [0.4, 0.5) is 5.82 Å². The van der Waals surface area contributed by atoms with Crippen LogP contribution in [0.2, 0.25) is 0 Å². The molecular weight excluding hydrogens is 462 g/mol. The molecule has 2 amide bonds. The molecule has 2 aliphatic heterocycles. The van der Waals surface area contributed by atoms with Crippen molar-refractivity contribution in [1.29, 1.82) is 0 Å². The van der Waals surface area contributed by atoms with Crippen molar-refractivity contribution in [1.82, 2.24) is 19.7 Å². The zero-order valence-electron chi connectivity index (χ0n) is 21.5. The fourth-order valence-corrected chi connectivity index (χ4v) is 5.38. The highest BCUT2D eigenvalue weighted by molar-refractivity contribution is 5.94. The third-order valence-electron chi connectivity index (χ3n) is 7.41. The van der Waals surface area contributed by atoms with Crippen LogP contribution in [-0.4, -0.2) is 77.3 Å². The molecule has 37 heavy (non-hydrogen) atoms. The third-order valence-corrected chi connectivity index (χ3v) is 7.41. The quantitative estimate of drug-likeness (QED) is 0.536. The van der Waals surface area contributed by atoms with Gasteiger partial charge >= 0.3 is 0 Å². The van der Waals surface area contributed by atoms with Crippen LogP contribution in [0.3, 0.4) is 0 Å². The highest BCUT2D eigenvalue weighted by Crippen LogP contribution is 2.28. The molecule has 2 aliphatic rings. The molecule has 1 aromatic heterocycles. The number of nitrogens with zero attached hydrogens (tertiary/aromatic N) is 5. The third kappa shape index (κ3) is 6.00. The van der Waals surface area contributed by atoms with Crippen molar-refractivity contribution in [2.45, 2.75) is 25.9 Å². The first-order valence-corrected chi connectivity index (χ1v) is 13.2. The van der Waals surface area contributed by atoms with E-state index in [-0.39, 0.29) is 17.9 Å². The summed E-state index contributed by atoms with van der Waals surface area (Å²) in [5, 5.41) is 0. The lowest BCUT2D eigenvalue weighted by molar-refractivity contribution is -0.131. The second-order valence-corrected chi connectivity index (χ2v) is 9.90. The summed E-state index contributed by atoms with van der Waals surface area (Å²) in [6.45, 7) is 7.92. The van der Waals surface area contributed by atoms with Gasteiger partial charge in [-0.15, -0.1) is 0 Å². The molecule has 0 bridgehead atoms. The van der Waals surface area contributed by atoms with Gasteiger partial charge in [0.1, 0.15) is 5.82 Å². The SMILES string of the molecule is CC(=O)N1CCN(c2ccc(C(=O)N3CCCN(Cc4ccccc4)CC3)cn2)CC1c1ccccc1. The van der Waals surface area contributed by atoms with Crippen LogP contribution >= 0.6 is 0 Å². The van der Waals surface area contributed by atoms with E-state index in [2.05, 4.69) is 51.2 Å². The molecule has 0 N–H and O–H groups in total. The fraction of sp³-hybridized carbons (Fsp3) is 0.367. The molecule has 0 radical (unpaired) electrons. The molecule has 5 rings (SSSR count). The monoisotopic (exact) mass is 497 g/mol. The van der Waals surface area contributed by atoms with Gasteiger partial charge in [0.2, 0.25) is 5.91 Å². The van der Waals surface area contributed by atoms with Crippen molar-refractivity contribution < 1.29 is 9.59 Å². The minimum Gasteiger partial charge on any atom is -0.352 e. The Morgan fingerprint density at radius 2 is 1.59 bits per heavy atom. The Kier molecular flexibility index (Phi) is 7.80. The van der Waals surface area contributed by atoms with E-state index in [1.54, 1.807) is 13.1 Å². The standard InChI is InChI=1S/C30H35N5O2/c1-24(36)35-20-19-34(23-28(35)26-11-6-3-7-12-26)29-14-13-27(21-31-29)30(37)33-16-8-15-32(17-18-33)22-25-9-4-2-5-10-25/h2-7,9-14,21,28H,8,15-20,22-23H2,1H3. The molecule has 1 atom stereocenters. The smallest absolute Gasteiger partial charge is 0.255 e. The molecule has 0 saturated carbocycles. The maximum atomic E-state index is 13.3. The number of carbonyl (C=O) groups excluding carboxylic acids is 2. The Labute approximate surface area is 219 Å². The van der Waals surface area contributed by atoms with Crippen molar-refractivity contribution in [3.05, 3.63) is 95.7 Å². The highest BCUT2D eigenvalue weighted by Gasteiger charge is 2.30. The van der Waals surface area contributed by atoms with Crippen molar-refractivity contribution in [2.24, 2.45) is 0 Å². The summed E-state index contributed by atoms with van der Waals surface area (Å²) in [4.78, 5) is 38.7. The molecular formula is C30H35N5O2. The number of benzene rings is 2. The van der Waals surface area contributed by atoms with E-state index in [1.807, 2.05) is 46.2 Å². The highest BCUT2D eigenvalue weighted by atomic mass is 16.2. The number of anilines is 1. The summed E-state index contributed by atoms with van der Waals surface area (Å²) >= 11 is 0. The van der Waals surface area contributed by atoms with Crippen LogP contribution in [0, 0.1) is 0 Å². The molecule has 1 unspecified atom stereocenters. The van der Waals surface area contributed by atoms with E-state index >= 15 is 0 Å². The topological polar surface area (TPSA) is 60.0 Å². The van der Waals surface area contributed by atoms with Crippen molar-refractivity contribution in [3.63, 3.8) is 0 Å². The summed E-state index contributed by atoms with van der Waals surface area (Å²) in [5.74, 6) is 0.969. The van der Waals surface area contributed by atoms with Gasteiger partial charge in [-0.1, -0.05) is 60.7 Å². The lowest BCUT2D eigenvalue weighted by Gasteiger charge is -2.41. The number of amides is 2. The fourth-order valence-electron chi connectivity index (χ4n) is 5.38. The molecule has 3 aromatic rings. The zero-order valence-corrected chi connectivity index (χ0v) is 21.5. The molecule has 3 heterocycles. The van der Waals surface area contributed by atoms with Gasteiger partial charge in [-0.25, -0.2) is 4.98 Å². The number of hydrogen-bond acceptors (Lipinski definition) is 5. The maximum absolute atomic E-state index is 13.3. The molecule has 2 fully saturated rings. The Morgan fingerprint density at radius 1 is 0.838 bits per heavy atom. The maximum Gasteiger partial charge on any atom is 0.255 e. The molecule has 2 aromatic carbocycles. The van der Waals surface area contributed by atoms with Gasteiger partial charge in [0, 0.05) is 65.5 Å². The van der Waals surface area contributed by atoms with Gasteiger partial charge in [-0.3, -0.25) is 14.5 Å². The van der Waals surface area contributed by atoms with Gasteiger partial charge in [0.25, 0.3) is 5.91 Å². The van der Waals surface area contributed by atoms with E-state index in [9.17, 15) is 9.59 Å². The summed E-state index contributed by atoms with van der Waals surface area (Å²) in [6, 6.07) is 24.5. The second kappa shape index (κ2) is 11.6. The summed E-state index contributed by atoms with van der Waals surface area (Å²) < 4.78 is 0. The number of aromatic nitrogens is 1. The number of carbonyl (C=O) groups is 2. The Morgan fingerprint density at radius 3 is 2.30 bits per heavy atom. The molecule has 7 nitrogen and oxygen atoms in total. The first-order valence-electron chi connectivity index (χ1n) is 13.2. The van der Waals surface area contributed by atoms with Crippen LogP contribution in [0.1, 0.15) is 40.9 Å². The second-order valence-electron chi connectivity index (χ2n) is 9.90. The Bertz CT molecular complexity index is 1190. The number of hydrogen-bond donors (Lipinski definition) is 0. The summed E-state index contributed by atoms with van der Waals surface area (Å²) in [6.07, 6.45) is 2.67. The average Bonchev–Trinajstić information content (AvgIpc) is 3.19. The van der Waals surface area contributed by atoms with E-state index in [0.717, 1.165) is 50.5 Å². The van der Waals surface area contributed by atoms with Crippen LogP contribution < -0.4 is 4.90 Å². The van der Waals surface area contributed by atoms with Crippen molar-refractivity contribution in [3.8, 4) is 0 Å². The van der Waals surface area contributed by atoms with Crippen LogP contribution in [0.15, 0.2) is 79.0 Å². The number of pyridine rings is 1. The predicted molar refractivity (Wildman–Crippen MR) is 145 cm³/mol. The normalized spacial score (nSPS) is 18.9. The van der Waals surface area contributed by atoms with Crippen LogP contribution in [0.5, 0.6) is 0 Å². The van der Waals surface area contributed by atoms with Gasteiger partial charge in [-0.05, 0) is 29.7 Å². The molecule has 7 heteroatoms. The zero-order chi connectivity index (χ0) is 25.6. The Hall–Kier alpha value is -3.71. The van der Waals surface area contributed by atoms with Gasteiger partial charge in [-0.2, -0.15) is 0 Å². The van der Waals surface area contributed by atoms with E-state index in [4.69, 9.17) is 0 Å². The minimum absolute atomic E-state index is 0.0218. The lowest BCUT2D eigenvalue weighted by atomic mass is 10.0. The first kappa shape index (κ1) is 25.0. The molecule has 0 aliphatic carbocycles. The molecule has 192 valence electrons. The Balaban J connectivity index is 1.22. The largest absolute Gasteiger partial charge is 0.352 e. The van der Waals surface area contributed by atoms with Gasteiger partial charge in [0.05, 0.1) is 11.6 Å². The van der Waals surface area contributed by atoms with Crippen LogP contribution in [-0.2, 0) is 11.3 Å². The number of piperazine rings is 1. The van der Waals surface area contributed by atoms with Gasteiger partial charge in [0.15, 0.2) is 0 Å². The number of rotatable bonds is 5. The lowest BCUT2D eigenvalue weighted by Crippen LogP contribution is -2.50. The minimum atomic E-state index is -0.0218. The van der Waals surface area contributed by atoms with Gasteiger partial charge < -0.3 is 14.7 Å². The summed E-state index contributed by atoms with van der Waals surface area (Å²) in [7, 11) is 0.